The molecule has 0 unspecified atom stereocenters. The van der Waals surface area contributed by atoms with Gasteiger partial charge in [-0.3, -0.25) is 4.90 Å². The number of amides is 1. The van der Waals surface area contributed by atoms with Crippen LogP contribution in [0.5, 0.6) is 5.75 Å². The van der Waals surface area contributed by atoms with Gasteiger partial charge in [0, 0.05) is 41.0 Å². The number of carbonyl (C=O) groups excluding carboxylic acids is 1. The predicted molar refractivity (Wildman–Crippen MR) is 123 cm³/mol. The summed E-state index contributed by atoms with van der Waals surface area (Å²) in [5.74, 6) is 0.836. The summed E-state index contributed by atoms with van der Waals surface area (Å²) in [4.78, 5) is 18.2. The van der Waals surface area contributed by atoms with E-state index >= 15 is 0 Å². The van der Waals surface area contributed by atoms with Crippen LogP contribution in [0.3, 0.4) is 0 Å². The van der Waals surface area contributed by atoms with Gasteiger partial charge in [-0.2, -0.15) is 0 Å². The first-order valence-corrected chi connectivity index (χ1v) is 11.6. The summed E-state index contributed by atoms with van der Waals surface area (Å²) in [6.45, 7) is 4.24. The molecule has 1 amide bonds. The fourth-order valence-corrected chi connectivity index (χ4v) is 4.90. The van der Waals surface area contributed by atoms with E-state index in [1.807, 2.05) is 49.4 Å². The Balaban J connectivity index is 1.50. The molecule has 1 N–H and O–H groups in total. The Hall–Kier alpha value is -2.70. The van der Waals surface area contributed by atoms with Crippen molar-refractivity contribution in [3.8, 4) is 5.75 Å². The molecule has 6 nitrogen and oxygen atoms in total. The Morgan fingerprint density at radius 3 is 2.72 bits per heavy atom. The molecule has 7 heteroatoms. The van der Waals surface area contributed by atoms with E-state index in [0.717, 1.165) is 60.4 Å². The predicted octanol–water partition coefficient (Wildman–Crippen LogP) is 5.48. The lowest BCUT2D eigenvalue weighted by Crippen LogP contribution is -2.41. The number of benzene rings is 2. The maximum absolute atomic E-state index is 12.8. The van der Waals surface area contributed by atoms with Crippen molar-refractivity contribution in [2.45, 2.75) is 38.3 Å². The van der Waals surface area contributed by atoms with Crippen LogP contribution in [0.1, 0.15) is 42.6 Å². The summed E-state index contributed by atoms with van der Waals surface area (Å²) in [7, 11) is 0. The van der Waals surface area contributed by atoms with E-state index in [1.165, 1.54) is 5.56 Å². The van der Waals surface area contributed by atoms with Crippen LogP contribution in [-0.4, -0.2) is 48.4 Å². The van der Waals surface area contributed by atoms with Crippen molar-refractivity contribution in [3.05, 3.63) is 64.3 Å². The fourth-order valence-electron chi connectivity index (χ4n) is 4.73. The highest BCUT2D eigenvalue weighted by atomic mass is 35.5. The molecule has 3 heterocycles. The molecule has 0 spiro atoms. The molecular formula is C25H27ClN2O4. The van der Waals surface area contributed by atoms with Gasteiger partial charge in [-0.15, -0.1) is 0 Å². The lowest BCUT2D eigenvalue weighted by atomic mass is 9.92. The first-order valence-electron chi connectivity index (χ1n) is 11.2. The van der Waals surface area contributed by atoms with Crippen LogP contribution in [0, 0.1) is 0 Å². The highest BCUT2D eigenvalue weighted by Crippen LogP contribution is 2.39. The molecule has 0 bridgehead atoms. The molecule has 1 saturated heterocycles. The molecule has 2 aliphatic rings. The van der Waals surface area contributed by atoms with E-state index in [-0.39, 0.29) is 18.2 Å². The number of fused-ring (bicyclic) bond motifs is 3. The van der Waals surface area contributed by atoms with Gasteiger partial charge in [-0.25, -0.2) is 4.79 Å². The van der Waals surface area contributed by atoms with Gasteiger partial charge in [0.25, 0.3) is 0 Å². The van der Waals surface area contributed by atoms with Gasteiger partial charge in [0.2, 0.25) is 0 Å². The maximum atomic E-state index is 12.8. The summed E-state index contributed by atoms with van der Waals surface area (Å²) in [6, 6.07) is 13.7. The van der Waals surface area contributed by atoms with Crippen molar-refractivity contribution in [2.75, 3.05) is 26.4 Å². The molecule has 3 aromatic rings. The SMILES string of the molecule is CCOC(=O)N1CCc2c([nH]c3ccc(Cl)cc23)[C@@H]1c1ccc(OC2CCOCC2)cc1. The third-order valence-electron chi connectivity index (χ3n) is 6.26. The van der Waals surface area contributed by atoms with Crippen molar-refractivity contribution in [3.63, 3.8) is 0 Å². The van der Waals surface area contributed by atoms with E-state index in [1.54, 1.807) is 4.90 Å². The molecule has 0 saturated carbocycles. The molecular weight excluding hydrogens is 428 g/mol. The summed E-state index contributed by atoms with van der Waals surface area (Å²) in [5, 5.41) is 1.82. The zero-order valence-electron chi connectivity index (χ0n) is 18.1. The van der Waals surface area contributed by atoms with Crippen molar-refractivity contribution < 1.29 is 19.0 Å². The normalized spacial score (nSPS) is 19.1. The topological polar surface area (TPSA) is 63.8 Å². The van der Waals surface area contributed by atoms with E-state index in [0.29, 0.717) is 18.2 Å². The molecule has 5 rings (SSSR count). The van der Waals surface area contributed by atoms with Crippen molar-refractivity contribution in [2.24, 2.45) is 0 Å². The minimum Gasteiger partial charge on any atom is -0.490 e. The number of hydrogen-bond acceptors (Lipinski definition) is 4. The molecule has 1 atom stereocenters. The first kappa shape index (κ1) is 21.2. The number of rotatable bonds is 4. The number of nitrogens with one attached hydrogen (secondary N) is 1. The molecule has 2 aliphatic heterocycles. The Morgan fingerprint density at radius 2 is 1.97 bits per heavy atom. The Morgan fingerprint density at radius 1 is 1.19 bits per heavy atom. The molecule has 0 radical (unpaired) electrons. The molecule has 1 aromatic heterocycles. The highest BCUT2D eigenvalue weighted by molar-refractivity contribution is 6.31. The number of halogens is 1. The first-order chi connectivity index (χ1) is 15.6. The Bertz CT molecular complexity index is 1110. The lowest BCUT2D eigenvalue weighted by molar-refractivity contribution is 0.0255. The van der Waals surface area contributed by atoms with Gasteiger partial charge in [0.05, 0.1) is 19.8 Å². The van der Waals surface area contributed by atoms with Crippen molar-refractivity contribution in [1.82, 2.24) is 9.88 Å². The van der Waals surface area contributed by atoms with Crippen molar-refractivity contribution >= 4 is 28.6 Å². The lowest BCUT2D eigenvalue weighted by Gasteiger charge is -2.35. The van der Waals surface area contributed by atoms with Crippen LogP contribution in [0.25, 0.3) is 10.9 Å². The van der Waals surface area contributed by atoms with Crippen LogP contribution in [-0.2, 0) is 15.9 Å². The smallest absolute Gasteiger partial charge is 0.410 e. The second-order valence-corrected chi connectivity index (χ2v) is 8.69. The van der Waals surface area contributed by atoms with Gasteiger partial charge in [-0.05, 0) is 54.8 Å². The standard InChI is InChI=1S/C25H27ClN2O4/c1-2-31-25(29)28-12-9-20-21-15-17(26)5-8-22(21)27-23(20)24(28)16-3-6-18(7-4-16)32-19-10-13-30-14-11-19/h3-8,15,19,24,27H,2,9-14H2,1H3/t24-/m0/s1. The van der Waals surface area contributed by atoms with Gasteiger partial charge in [0.1, 0.15) is 17.9 Å². The Labute approximate surface area is 192 Å². The van der Waals surface area contributed by atoms with Crippen LogP contribution >= 0.6 is 11.6 Å². The number of hydrogen-bond donors (Lipinski definition) is 1. The van der Waals surface area contributed by atoms with E-state index in [2.05, 4.69) is 4.98 Å². The second kappa shape index (κ2) is 9.04. The number of aromatic nitrogens is 1. The largest absolute Gasteiger partial charge is 0.490 e. The van der Waals surface area contributed by atoms with E-state index < -0.39 is 0 Å². The number of H-pyrrole nitrogens is 1. The van der Waals surface area contributed by atoms with Crippen LogP contribution in [0.15, 0.2) is 42.5 Å². The average molecular weight is 455 g/mol. The summed E-state index contributed by atoms with van der Waals surface area (Å²) >= 11 is 6.27. The summed E-state index contributed by atoms with van der Waals surface area (Å²) in [5.41, 5.74) is 4.25. The molecule has 32 heavy (non-hydrogen) atoms. The second-order valence-electron chi connectivity index (χ2n) is 8.25. The monoisotopic (exact) mass is 454 g/mol. The third-order valence-corrected chi connectivity index (χ3v) is 6.49. The van der Waals surface area contributed by atoms with Gasteiger partial charge >= 0.3 is 6.09 Å². The molecule has 168 valence electrons. The highest BCUT2D eigenvalue weighted by Gasteiger charge is 2.35. The molecule has 2 aromatic carbocycles. The zero-order chi connectivity index (χ0) is 22.1. The minimum atomic E-state index is -0.303. The molecule has 0 aliphatic carbocycles. The summed E-state index contributed by atoms with van der Waals surface area (Å²) < 4.78 is 16.9. The van der Waals surface area contributed by atoms with Crippen LogP contribution in [0.4, 0.5) is 4.79 Å². The van der Waals surface area contributed by atoms with Crippen LogP contribution < -0.4 is 4.74 Å². The van der Waals surface area contributed by atoms with Gasteiger partial charge < -0.3 is 19.2 Å². The fraction of sp³-hybridized carbons (Fsp3) is 0.400. The maximum Gasteiger partial charge on any atom is 0.410 e. The van der Waals surface area contributed by atoms with Crippen molar-refractivity contribution in [1.29, 1.82) is 0 Å². The number of nitrogens with zero attached hydrogens (tertiary/aromatic N) is 1. The van der Waals surface area contributed by atoms with E-state index in [4.69, 9.17) is 25.8 Å². The minimum absolute atomic E-state index is 0.186. The number of aromatic amines is 1. The Kier molecular flexibility index (Phi) is 5.98. The van der Waals surface area contributed by atoms with Gasteiger partial charge in [-0.1, -0.05) is 23.7 Å². The summed E-state index contributed by atoms with van der Waals surface area (Å²) in [6.07, 6.45) is 2.44. The quantitative estimate of drug-likeness (QED) is 0.566. The average Bonchev–Trinajstić information content (AvgIpc) is 3.18. The number of carbonyl (C=O) groups is 1. The zero-order valence-corrected chi connectivity index (χ0v) is 18.9. The van der Waals surface area contributed by atoms with Crippen LogP contribution in [0.2, 0.25) is 5.02 Å². The molecule has 1 fully saturated rings. The van der Waals surface area contributed by atoms with E-state index in [9.17, 15) is 4.79 Å². The third kappa shape index (κ3) is 4.05. The number of ether oxygens (including phenoxy) is 3. The van der Waals surface area contributed by atoms with Gasteiger partial charge in [0.15, 0.2) is 0 Å².